The molecular formula is C15H20BrNO2. The van der Waals surface area contributed by atoms with Crippen LogP contribution in [0.5, 0.6) is 0 Å². The van der Waals surface area contributed by atoms with Gasteiger partial charge < -0.3 is 5.11 Å². The van der Waals surface area contributed by atoms with Gasteiger partial charge in [-0.25, -0.2) is 0 Å². The largest absolute Gasteiger partial charge is 0.480 e. The molecule has 104 valence electrons. The highest BCUT2D eigenvalue weighted by molar-refractivity contribution is 9.10. The van der Waals surface area contributed by atoms with Crippen molar-refractivity contribution in [3.8, 4) is 0 Å². The molecule has 1 aliphatic heterocycles. The number of piperidine rings is 1. The summed E-state index contributed by atoms with van der Waals surface area (Å²) in [6.45, 7) is 1.85. The lowest BCUT2D eigenvalue weighted by Crippen LogP contribution is -2.44. The number of benzene rings is 1. The molecule has 19 heavy (non-hydrogen) atoms. The SMILES string of the molecule is O=C(O)C(CCc1cccc(Br)c1)N1CCCCC1. The topological polar surface area (TPSA) is 40.5 Å². The number of hydrogen-bond donors (Lipinski definition) is 1. The first-order valence-corrected chi connectivity index (χ1v) is 7.67. The Kier molecular flexibility index (Phi) is 5.40. The van der Waals surface area contributed by atoms with Gasteiger partial charge in [-0.3, -0.25) is 9.69 Å². The Hall–Kier alpha value is -0.870. The third kappa shape index (κ3) is 4.32. The zero-order chi connectivity index (χ0) is 13.7. The number of carboxylic acids is 1. The number of likely N-dealkylation sites (tertiary alicyclic amines) is 1. The van der Waals surface area contributed by atoms with E-state index in [9.17, 15) is 9.90 Å². The standard InChI is InChI=1S/C15H20BrNO2/c16-13-6-4-5-12(11-13)7-8-14(15(18)19)17-9-2-1-3-10-17/h4-6,11,14H,1-3,7-10H2,(H,18,19). The van der Waals surface area contributed by atoms with Gasteiger partial charge in [0.05, 0.1) is 0 Å². The average molecular weight is 326 g/mol. The number of carboxylic acid groups (broad SMARTS) is 1. The van der Waals surface area contributed by atoms with Crippen LogP contribution in [-0.2, 0) is 11.2 Å². The molecule has 4 heteroatoms. The molecule has 1 unspecified atom stereocenters. The Labute approximate surface area is 122 Å². The van der Waals surface area contributed by atoms with Crippen LogP contribution in [0.1, 0.15) is 31.2 Å². The van der Waals surface area contributed by atoms with Gasteiger partial charge in [-0.15, -0.1) is 0 Å². The van der Waals surface area contributed by atoms with Gasteiger partial charge in [0.2, 0.25) is 0 Å². The predicted molar refractivity (Wildman–Crippen MR) is 79.3 cm³/mol. The summed E-state index contributed by atoms with van der Waals surface area (Å²) < 4.78 is 1.05. The van der Waals surface area contributed by atoms with Gasteiger partial charge in [-0.2, -0.15) is 0 Å². The van der Waals surface area contributed by atoms with Gasteiger partial charge in [-0.1, -0.05) is 34.5 Å². The number of hydrogen-bond acceptors (Lipinski definition) is 2. The third-order valence-corrected chi connectivity index (χ3v) is 4.21. The zero-order valence-electron chi connectivity index (χ0n) is 11.0. The lowest BCUT2D eigenvalue weighted by atomic mass is 10.0. The molecule has 0 aliphatic carbocycles. The zero-order valence-corrected chi connectivity index (χ0v) is 12.6. The second-order valence-corrected chi connectivity index (χ2v) is 6.03. The Morgan fingerprint density at radius 3 is 2.68 bits per heavy atom. The molecule has 0 aromatic heterocycles. The molecule has 1 atom stereocenters. The number of halogens is 1. The second kappa shape index (κ2) is 7.06. The van der Waals surface area contributed by atoms with E-state index in [0.29, 0.717) is 6.42 Å². The highest BCUT2D eigenvalue weighted by atomic mass is 79.9. The minimum atomic E-state index is -0.683. The maximum absolute atomic E-state index is 11.4. The molecule has 1 heterocycles. The number of carbonyl (C=O) groups is 1. The van der Waals surface area contributed by atoms with Crippen LogP contribution < -0.4 is 0 Å². The lowest BCUT2D eigenvalue weighted by Gasteiger charge is -2.32. The van der Waals surface area contributed by atoms with Gasteiger partial charge in [0.1, 0.15) is 6.04 Å². The fourth-order valence-electron chi connectivity index (χ4n) is 2.69. The Balaban J connectivity index is 1.95. The Morgan fingerprint density at radius 2 is 2.05 bits per heavy atom. The normalized spacial score (nSPS) is 18.2. The number of aryl methyl sites for hydroxylation is 1. The molecular weight excluding hydrogens is 306 g/mol. The smallest absolute Gasteiger partial charge is 0.320 e. The monoisotopic (exact) mass is 325 g/mol. The number of aliphatic carboxylic acids is 1. The van der Waals surface area contributed by atoms with E-state index in [1.807, 2.05) is 12.1 Å². The van der Waals surface area contributed by atoms with E-state index in [4.69, 9.17) is 0 Å². The third-order valence-electron chi connectivity index (χ3n) is 3.71. The van der Waals surface area contributed by atoms with E-state index >= 15 is 0 Å². The van der Waals surface area contributed by atoms with Crippen molar-refractivity contribution in [2.45, 2.75) is 38.1 Å². The summed E-state index contributed by atoms with van der Waals surface area (Å²) in [6.07, 6.45) is 4.98. The molecule has 1 saturated heterocycles. The van der Waals surface area contributed by atoms with Crippen LogP contribution in [0.4, 0.5) is 0 Å². The van der Waals surface area contributed by atoms with E-state index in [1.165, 1.54) is 12.0 Å². The quantitative estimate of drug-likeness (QED) is 0.902. The van der Waals surface area contributed by atoms with Crippen LogP contribution in [-0.4, -0.2) is 35.1 Å². The van der Waals surface area contributed by atoms with Gasteiger partial charge in [0, 0.05) is 4.47 Å². The first-order chi connectivity index (χ1) is 9.16. The maximum Gasteiger partial charge on any atom is 0.320 e. The summed E-state index contributed by atoms with van der Waals surface area (Å²) in [5.74, 6) is -0.683. The van der Waals surface area contributed by atoms with Crippen molar-refractivity contribution < 1.29 is 9.90 Å². The molecule has 2 rings (SSSR count). The van der Waals surface area contributed by atoms with Crippen LogP contribution in [0.3, 0.4) is 0 Å². The number of rotatable bonds is 5. The predicted octanol–water partition coefficient (Wildman–Crippen LogP) is 3.32. The van der Waals surface area contributed by atoms with Crippen molar-refractivity contribution in [1.29, 1.82) is 0 Å². The minimum absolute atomic E-state index is 0.334. The van der Waals surface area contributed by atoms with Crippen LogP contribution in [0.2, 0.25) is 0 Å². The summed E-state index contributed by atoms with van der Waals surface area (Å²) >= 11 is 3.45. The van der Waals surface area contributed by atoms with E-state index in [0.717, 1.165) is 36.8 Å². The molecule has 0 amide bonds. The van der Waals surface area contributed by atoms with Crippen LogP contribution >= 0.6 is 15.9 Å². The van der Waals surface area contributed by atoms with Crippen molar-refractivity contribution in [3.63, 3.8) is 0 Å². The van der Waals surface area contributed by atoms with Gasteiger partial charge in [0.15, 0.2) is 0 Å². The minimum Gasteiger partial charge on any atom is -0.480 e. The van der Waals surface area contributed by atoms with Crippen molar-refractivity contribution in [2.24, 2.45) is 0 Å². The molecule has 0 spiro atoms. The summed E-state index contributed by atoms with van der Waals surface area (Å²) in [6, 6.07) is 7.77. The second-order valence-electron chi connectivity index (χ2n) is 5.12. The molecule has 1 aliphatic rings. The van der Waals surface area contributed by atoms with Crippen molar-refractivity contribution in [3.05, 3.63) is 34.3 Å². The van der Waals surface area contributed by atoms with E-state index in [1.54, 1.807) is 0 Å². The highest BCUT2D eigenvalue weighted by Crippen LogP contribution is 2.18. The van der Waals surface area contributed by atoms with E-state index in [-0.39, 0.29) is 6.04 Å². The molecule has 0 bridgehead atoms. The van der Waals surface area contributed by atoms with Gasteiger partial charge >= 0.3 is 5.97 Å². The fourth-order valence-corrected chi connectivity index (χ4v) is 3.13. The average Bonchev–Trinajstić information content (AvgIpc) is 2.40. The molecule has 3 nitrogen and oxygen atoms in total. The summed E-state index contributed by atoms with van der Waals surface area (Å²) in [7, 11) is 0. The molecule has 1 N–H and O–H groups in total. The molecule has 1 aromatic carbocycles. The van der Waals surface area contributed by atoms with Crippen LogP contribution in [0, 0.1) is 0 Å². The molecule has 0 radical (unpaired) electrons. The number of nitrogens with zero attached hydrogens (tertiary/aromatic N) is 1. The molecule has 1 fully saturated rings. The Bertz CT molecular complexity index is 430. The summed E-state index contributed by atoms with van der Waals surface area (Å²) in [4.78, 5) is 13.6. The van der Waals surface area contributed by atoms with Crippen LogP contribution in [0.25, 0.3) is 0 Å². The van der Waals surface area contributed by atoms with Crippen LogP contribution in [0.15, 0.2) is 28.7 Å². The van der Waals surface area contributed by atoms with Gasteiger partial charge in [-0.05, 0) is 56.5 Å². The van der Waals surface area contributed by atoms with Crippen molar-refractivity contribution in [1.82, 2.24) is 4.90 Å². The first kappa shape index (κ1) is 14.5. The van der Waals surface area contributed by atoms with E-state index < -0.39 is 5.97 Å². The van der Waals surface area contributed by atoms with Crippen molar-refractivity contribution in [2.75, 3.05) is 13.1 Å². The lowest BCUT2D eigenvalue weighted by molar-refractivity contribution is -0.144. The molecule has 0 saturated carbocycles. The van der Waals surface area contributed by atoms with Gasteiger partial charge in [0.25, 0.3) is 0 Å². The first-order valence-electron chi connectivity index (χ1n) is 6.88. The summed E-state index contributed by atoms with van der Waals surface area (Å²) in [5, 5.41) is 9.41. The molecule has 1 aromatic rings. The fraction of sp³-hybridized carbons (Fsp3) is 0.533. The maximum atomic E-state index is 11.4. The highest BCUT2D eigenvalue weighted by Gasteiger charge is 2.26. The van der Waals surface area contributed by atoms with E-state index in [2.05, 4.69) is 33.0 Å². The Morgan fingerprint density at radius 1 is 1.32 bits per heavy atom. The summed E-state index contributed by atoms with van der Waals surface area (Å²) in [5.41, 5.74) is 1.19. The van der Waals surface area contributed by atoms with Crippen molar-refractivity contribution >= 4 is 21.9 Å².